The van der Waals surface area contributed by atoms with Gasteiger partial charge in [-0.15, -0.1) is 0 Å². The zero-order chi connectivity index (χ0) is 37.1. The van der Waals surface area contributed by atoms with Gasteiger partial charge in [-0.05, 0) is 87.7 Å². The van der Waals surface area contributed by atoms with Gasteiger partial charge < -0.3 is 9.47 Å². The summed E-state index contributed by atoms with van der Waals surface area (Å²) in [5.74, 6) is 1.91. The van der Waals surface area contributed by atoms with Gasteiger partial charge in [-0.2, -0.15) is 0 Å². The van der Waals surface area contributed by atoms with E-state index in [1.54, 1.807) is 5.30 Å². The van der Waals surface area contributed by atoms with Crippen molar-refractivity contribution in [1.29, 1.82) is 0 Å². The van der Waals surface area contributed by atoms with Gasteiger partial charge in [-0.1, -0.05) is 76.8 Å². The fraction of sp³-hybridized carbons (Fsp3) is 0.442. The summed E-state index contributed by atoms with van der Waals surface area (Å²) in [4.78, 5) is 0. The Labute approximate surface area is 322 Å². The predicted octanol–water partition coefficient (Wildman–Crippen LogP) is 10.2. The Balaban J connectivity index is 0.000000233. The van der Waals surface area contributed by atoms with Crippen LogP contribution in [-0.4, -0.2) is 38.2 Å². The molecule has 0 aromatic heterocycles. The summed E-state index contributed by atoms with van der Waals surface area (Å²) in [5.41, 5.74) is 12.6. The second-order valence-electron chi connectivity index (χ2n) is 14.3. The third-order valence-corrected chi connectivity index (χ3v) is 16.0. The van der Waals surface area contributed by atoms with E-state index < -0.39 is 28.5 Å². The molecule has 0 heterocycles. The van der Waals surface area contributed by atoms with Gasteiger partial charge in [-0.25, -0.2) is 0 Å². The number of nitrogen functional groups attached to an aromatic ring is 1. The molecule has 2 N–H and O–H groups in total. The van der Waals surface area contributed by atoms with E-state index in [0.29, 0.717) is 5.69 Å². The fourth-order valence-electron chi connectivity index (χ4n) is 7.34. The maximum atomic E-state index is 11.1. The first kappa shape index (κ1) is 40.5. The van der Waals surface area contributed by atoms with Crippen molar-refractivity contribution in [1.82, 2.24) is 0 Å². The van der Waals surface area contributed by atoms with Crippen LogP contribution in [0.25, 0.3) is 22.3 Å². The molecule has 4 aromatic rings. The molecule has 0 saturated heterocycles. The molecule has 0 spiro atoms. The third-order valence-electron chi connectivity index (χ3n) is 9.39. The number of hydrogen-bond acceptors (Lipinski definition) is 6. The number of ether oxygens (including phenoxy) is 2. The molecule has 0 bridgehead atoms. The van der Waals surface area contributed by atoms with E-state index in [-0.39, 0.29) is 20.1 Å². The summed E-state index contributed by atoms with van der Waals surface area (Å²) in [6.07, 6.45) is 15.4. The van der Waals surface area contributed by atoms with Crippen LogP contribution in [0.15, 0.2) is 91.0 Å². The van der Waals surface area contributed by atoms with Crippen LogP contribution in [0.4, 0.5) is 5.69 Å². The molecule has 284 valence electrons. The van der Waals surface area contributed by atoms with Crippen molar-refractivity contribution in [2.75, 3.05) is 12.0 Å². The Morgan fingerprint density at radius 2 is 1.12 bits per heavy atom. The Morgan fingerprint density at radius 3 is 1.63 bits per heavy atom. The van der Waals surface area contributed by atoms with Gasteiger partial charge >= 0.3 is 121 Å². The molecule has 0 amide bonds. The minimum absolute atomic E-state index is 0.128. The second-order valence-corrected chi connectivity index (χ2v) is 20.5. The molecule has 6 nitrogen and oxygen atoms in total. The summed E-state index contributed by atoms with van der Waals surface area (Å²) in [6.45, 7) is 8.45. The first-order valence-electron chi connectivity index (χ1n) is 18.8. The molecule has 2 fully saturated rings. The van der Waals surface area contributed by atoms with E-state index in [1.165, 1.54) is 69.8 Å². The average molecular weight is 836 g/mol. The standard InChI is InChI=1S/C30H43O2P.C12H10N.CH4O3S.Pd/c1-22(2)31-27-19-13-20-28(32-23(3)4)30(27)26-18-11-12-21-29(26)33(24-14-7-5-8-15-24)25-16-9-6-10-17-25;13-12-9-5-4-8-11(12)10-6-2-1-3-7-10;1-5(2,3)4;/h11-13,18-25H,5-10,14-17H2,1-4H3;1-6,8-9H,13H2;1H3,(H,2,3,4);/q;;;+1/p-1. The van der Waals surface area contributed by atoms with Crippen molar-refractivity contribution in [3.05, 3.63) is 91.0 Å². The summed E-state index contributed by atoms with van der Waals surface area (Å²) in [5, 5.41) is 1.60. The van der Waals surface area contributed by atoms with Crippen LogP contribution in [0.2, 0.25) is 0 Å². The van der Waals surface area contributed by atoms with Crippen LogP contribution in [-0.2, 0) is 31.4 Å². The normalized spacial score (nSPS) is 15.8. The first-order chi connectivity index (χ1) is 25.0. The Bertz CT molecular complexity index is 1790. The summed E-state index contributed by atoms with van der Waals surface area (Å²) in [7, 11) is -3.65. The number of rotatable bonds is 12. The number of anilines is 1. The van der Waals surface area contributed by atoms with E-state index in [1.807, 2.05) is 48.5 Å². The van der Waals surface area contributed by atoms with Crippen molar-refractivity contribution in [2.45, 2.75) is 115 Å². The van der Waals surface area contributed by atoms with Gasteiger partial charge in [0.2, 0.25) is 0 Å². The molecule has 2 aliphatic carbocycles. The molecule has 0 radical (unpaired) electrons. The van der Waals surface area contributed by atoms with Gasteiger partial charge in [0.05, 0.1) is 17.8 Å². The van der Waals surface area contributed by atoms with Crippen molar-refractivity contribution < 1.29 is 39.2 Å². The van der Waals surface area contributed by atoms with Crippen LogP contribution < -0.4 is 24.5 Å². The van der Waals surface area contributed by atoms with Gasteiger partial charge in [0.25, 0.3) is 0 Å². The Hall–Kier alpha value is -2.72. The molecule has 0 unspecified atom stereocenters. The van der Waals surface area contributed by atoms with Gasteiger partial charge in [0.1, 0.15) is 11.5 Å². The Morgan fingerprint density at radius 1 is 0.635 bits per heavy atom. The molecular formula is C43H56NO5PPdS. The second kappa shape index (κ2) is 19.6. The maximum absolute atomic E-state index is 11.1. The Kier molecular flexibility index (Phi) is 15.2. The number of hydrogen-bond donors (Lipinski definition) is 1. The molecule has 52 heavy (non-hydrogen) atoms. The van der Waals surface area contributed by atoms with Crippen LogP contribution in [0.5, 0.6) is 11.5 Å². The van der Waals surface area contributed by atoms with E-state index >= 15 is 0 Å². The molecular weight excluding hydrogens is 780 g/mol. The third kappa shape index (κ3) is 11.4. The summed E-state index contributed by atoms with van der Waals surface area (Å²) >= 11 is -0.483. The molecule has 2 saturated carbocycles. The van der Waals surface area contributed by atoms with Crippen molar-refractivity contribution in [2.24, 2.45) is 0 Å². The summed E-state index contributed by atoms with van der Waals surface area (Å²) in [6, 6.07) is 30.6. The van der Waals surface area contributed by atoms with Gasteiger partial charge in [-0.3, -0.25) is 0 Å². The van der Waals surface area contributed by atoms with Crippen molar-refractivity contribution >= 4 is 33.1 Å². The van der Waals surface area contributed by atoms with E-state index in [2.05, 4.69) is 70.2 Å². The topological polar surface area (TPSA) is 87.8 Å². The van der Waals surface area contributed by atoms with E-state index in [0.717, 1.165) is 49.8 Å². The first-order valence-corrected chi connectivity index (χ1v) is 23.5. The van der Waals surface area contributed by atoms with Crippen molar-refractivity contribution in [3.8, 4) is 33.8 Å². The van der Waals surface area contributed by atoms with E-state index in [4.69, 9.17) is 18.1 Å². The molecule has 0 aliphatic heterocycles. The summed E-state index contributed by atoms with van der Waals surface area (Å²) < 4.78 is 40.7. The van der Waals surface area contributed by atoms with Crippen LogP contribution in [0.1, 0.15) is 91.9 Å². The quantitative estimate of drug-likeness (QED) is 0.0869. The number of para-hydroxylation sites is 1. The van der Waals surface area contributed by atoms with Crippen LogP contribution in [0, 0.1) is 0 Å². The van der Waals surface area contributed by atoms with Gasteiger partial charge in [0, 0.05) is 0 Å². The molecule has 6 rings (SSSR count). The van der Waals surface area contributed by atoms with Crippen molar-refractivity contribution in [3.63, 3.8) is 0 Å². The SMILES string of the molecule is CC(C)Oc1cccc(OC(C)C)c1-c1ccccc1P(C1CCCCC1)C1CCCCC1.CS(=O)(=O)[O][Pd][c]1ccccc1-c1ccccc1N. The molecule has 9 heteroatoms. The fourth-order valence-corrected chi connectivity index (χ4v) is 13.3. The van der Waals surface area contributed by atoms with Crippen LogP contribution >= 0.6 is 7.92 Å². The zero-order valence-electron chi connectivity index (χ0n) is 31.3. The number of benzene rings is 4. The monoisotopic (exact) mass is 835 g/mol. The van der Waals surface area contributed by atoms with Gasteiger partial charge in [0.15, 0.2) is 0 Å². The minimum atomic E-state index is -3.44. The predicted molar refractivity (Wildman–Crippen MR) is 216 cm³/mol. The molecule has 4 aromatic carbocycles. The van der Waals surface area contributed by atoms with Crippen LogP contribution in [0.3, 0.4) is 0 Å². The molecule has 0 atom stereocenters. The average Bonchev–Trinajstić information content (AvgIpc) is 3.12. The zero-order valence-corrected chi connectivity index (χ0v) is 34.6. The van der Waals surface area contributed by atoms with E-state index in [9.17, 15) is 8.42 Å². The molecule has 2 aliphatic rings. The number of nitrogens with two attached hydrogens (primary N) is 1.